The largest absolute Gasteiger partial charge is 0.445 e. The molecule has 0 spiro atoms. The summed E-state index contributed by atoms with van der Waals surface area (Å²) in [7, 11) is -0.544. The van der Waals surface area contributed by atoms with Gasteiger partial charge in [-0.1, -0.05) is 30.3 Å². The van der Waals surface area contributed by atoms with Crippen LogP contribution in [0.5, 0.6) is 0 Å². The Morgan fingerprint density at radius 1 is 1.40 bits per heavy atom. The quantitative estimate of drug-likeness (QED) is 0.848. The van der Waals surface area contributed by atoms with Crippen LogP contribution in [0.2, 0.25) is 0 Å². The Kier molecular flexibility index (Phi) is 3.77. The molecule has 1 saturated heterocycles. The van der Waals surface area contributed by atoms with E-state index in [-0.39, 0.29) is 26.6 Å². The van der Waals surface area contributed by atoms with Crippen LogP contribution in [0, 0.1) is 0 Å². The first-order chi connectivity index (χ1) is 10.7. The summed E-state index contributed by atoms with van der Waals surface area (Å²) in [6, 6.07) is 8.73. The average Bonchev–Trinajstić information content (AvgIpc) is 3.04. The number of likely N-dealkylation sites (tertiary alicyclic amines) is 1. The van der Waals surface area contributed by atoms with Gasteiger partial charge in [0.25, 0.3) is 0 Å². The number of benzene rings is 1. The van der Waals surface area contributed by atoms with Crippen LogP contribution in [0.3, 0.4) is 0 Å². The Hall–Kier alpha value is -2.04. The van der Waals surface area contributed by atoms with Gasteiger partial charge in [0.2, 0.25) is 5.91 Å². The Labute approximate surface area is 121 Å². The van der Waals surface area contributed by atoms with Crippen molar-refractivity contribution in [2.75, 3.05) is 20.6 Å². The third-order valence-corrected chi connectivity index (χ3v) is 3.29. The molecule has 0 unspecified atom stereocenters. The van der Waals surface area contributed by atoms with Gasteiger partial charge in [-0.2, -0.15) is 0 Å². The molecule has 1 fully saturated rings. The molecular weight excluding hydrogens is 256 g/mol. The molecule has 20 heavy (non-hydrogen) atoms. The van der Waals surface area contributed by atoms with E-state index in [4.69, 9.17) is 7.48 Å². The van der Waals surface area contributed by atoms with E-state index in [0.29, 0.717) is 13.0 Å². The number of amides is 2. The standard InChI is InChI=1S/C15H20N2O3/c1-16(2)14(18)13-9-6-10-17(13)15(19)20-11-12-7-4-3-5-8-12/h3-5,7-8,13H,6,9-11H2,1-2H3/t13-/m0/s1/i1D,2D. The molecule has 0 saturated carbocycles. The summed E-state index contributed by atoms with van der Waals surface area (Å²) in [5.74, 6) is -0.348. The van der Waals surface area contributed by atoms with Gasteiger partial charge in [0, 0.05) is 23.3 Å². The summed E-state index contributed by atoms with van der Waals surface area (Å²) in [5.41, 5.74) is 0.886. The Balaban J connectivity index is 1.94. The molecule has 5 heteroatoms. The van der Waals surface area contributed by atoms with E-state index in [0.717, 1.165) is 16.9 Å². The van der Waals surface area contributed by atoms with E-state index >= 15 is 0 Å². The van der Waals surface area contributed by atoms with Gasteiger partial charge in [-0.3, -0.25) is 9.69 Å². The maximum atomic E-state index is 12.2. The summed E-state index contributed by atoms with van der Waals surface area (Å²) >= 11 is 0. The van der Waals surface area contributed by atoms with E-state index in [9.17, 15) is 9.59 Å². The predicted octanol–water partition coefficient (Wildman–Crippen LogP) is 1.88. The minimum atomic E-state index is -0.612. The molecule has 1 atom stereocenters. The van der Waals surface area contributed by atoms with Crippen molar-refractivity contribution in [2.45, 2.75) is 25.5 Å². The van der Waals surface area contributed by atoms with Gasteiger partial charge in [0.15, 0.2) is 0 Å². The second-order valence-corrected chi connectivity index (χ2v) is 4.77. The normalized spacial score (nSPS) is 19.2. The fourth-order valence-electron chi connectivity index (χ4n) is 2.25. The lowest BCUT2D eigenvalue weighted by Crippen LogP contribution is -2.45. The summed E-state index contributed by atoms with van der Waals surface area (Å²) in [4.78, 5) is 26.9. The van der Waals surface area contributed by atoms with Crippen molar-refractivity contribution in [1.29, 1.82) is 0 Å². The maximum Gasteiger partial charge on any atom is 0.410 e. The molecule has 1 aliphatic rings. The molecule has 0 aromatic heterocycles. The molecule has 1 aromatic rings. The molecule has 5 nitrogen and oxygen atoms in total. The van der Waals surface area contributed by atoms with Crippen molar-refractivity contribution >= 4 is 12.0 Å². The molecule has 2 amide bonds. The maximum absolute atomic E-state index is 12.2. The van der Waals surface area contributed by atoms with Gasteiger partial charge >= 0.3 is 6.09 Å². The number of nitrogens with zero attached hydrogens (tertiary/aromatic N) is 2. The minimum absolute atomic E-state index is 0.164. The molecule has 1 aliphatic heterocycles. The molecule has 2 rings (SSSR count). The van der Waals surface area contributed by atoms with Crippen molar-refractivity contribution < 1.29 is 17.1 Å². The molecule has 0 N–H and O–H groups in total. The highest BCUT2D eigenvalue weighted by Gasteiger charge is 2.35. The first-order valence-electron chi connectivity index (χ1n) is 7.93. The lowest BCUT2D eigenvalue weighted by atomic mass is 10.2. The van der Waals surface area contributed by atoms with Crippen LogP contribution >= 0.6 is 0 Å². The van der Waals surface area contributed by atoms with Crippen LogP contribution in [-0.4, -0.2) is 48.4 Å². The van der Waals surface area contributed by atoms with E-state index in [1.807, 2.05) is 30.3 Å². The van der Waals surface area contributed by atoms with Crippen LogP contribution in [0.25, 0.3) is 0 Å². The SMILES string of the molecule is [2H]CN(C[2H])C(=O)[C@@H]1CCCN1C(=O)OCc1ccccc1. The fraction of sp³-hybridized carbons (Fsp3) is 0.467. The van der Waals surface area contributed by atoms with Gasteiger partial charge < -0.3 is 9.64 Å². The van der Waals surface area contributed by atoms with E-state index in [1.54, 1.807) is 0 Å². The third-order valence-electron chi connectivity index (χ3n) is 3.29. The Morgan fingerprint density at radius 2 is 2.15 bits per heavy atom. The zero-order valence-corrected chi connectivity index (χ0v) is 11.3. The second-order valence-electron chi connectivity index (χ2n) is 4.77. The van der Waals surface area contributed by atoms with E-state index in [1.165, 1.54) is 4.90 Å². The summed E-state index contributed by atoms with van der Waals surface area (Å²) in [6.07, 6.45) is 0.755. The van der Waals surface area contributed by atoms with Crippen molar-refractivity contribution in [2.24, 2.45) is 0 Å². The monoisotopic (exact) mass is 278 g/mol. The topological polar surface area (TPSA) is 49.9 Å². The molecular formula is C15H20N2O3. The van der Waals surface area contributed by atoms with E-state index < -0.39 is 12.1 Å². The first kappa shape index (κ1) is 11.8. The number of rotatable bonds is 3. The van der Waals surface area contributed by atoms with Crippen LogP contribution in [0.1, 0.15) is 21.1 Å². The van der Waals surface area contributed by atoms with Crippen molar-refractivity contribution in [1.82, 2.24) is 9.80 Å². The molecule has 0 radical (unpaired) electrons. The van der Waals surface area contributed by atoms with Crippen LogP contribution < -0.4 is 0 Å². The van der Waals surface area contributed by atoms with Gasteiger partial charge in [-0.15, -0.1) is 0 Å². The molecule has 1 heterocycles. The van der Waals surface area contributed by atoms with Crippen molar-refractivity contribution in [3.63, 3.8) is 0 Å². The zero-order valence-electron chi connectivity index (χ0n) is 13.3. The highest BCUT2D eigenvalue weighted by Crippen LogP contribution is 2.20. The first-order valence-corrected chi connectivity index (χ1v) is 6.52. The van der Waals surface area contributed by atoms with Crippen LogP contribution in [0.4, 0.5) is 4.79 Å². The number of carbonyl (C=O) groups excluding carboxylic acids is 2. The fourth-order valence-corrected chi connectivity index (χ4v) is 2.25. The van der Waals surface area contributed by atoms with Gasteiger partial charge in [0.1, 0.15) is 12.6 Å². The molecule has 0 aliphatic carbocycles. The van der Waals surface area contributed by atoms with Crippen molar-refractivity contribution in [3.8, 4) is 0 Å². The summed E-state index contributed by atoms with van der Waals surface area (Å²) < 4.78 is 19.8. The molecule has 1 aromatic carbocycles. The smallest absolute Gasteiger partial charge is 0.410 e. The minimum Gasteiger partial charge on any atom is -0.445 e. The number of carbonyl (C=O) groups is 2. The number of likely N-dealkylation sites (N-methyl/N-ethyl adjacent to an activating group) is 1. The van der Waals surface area contributed by atoms with Crippen molar-refractivity contribution in [3.05, 3.63) is 35.9 Å². The van der Waals surface area contributed by atoms with Gasteiger partial charge in [0.05, 0.1) is 0 Å². The van der Waals surface area contributed by atoms with Gasteiger partial charge in [-0.25, -0.2) is 4.79 Å². The third kappa shape index (κ3) is 3.29. The molecule has 0 bridgehead atoms. The highest BCUT2D eigenvalue weighted by molar-refractivity contribution is 5.85. The van der Waals surface area contributed by atoms with E-state index in [2.05, 4.69) is 0 Å². The molecule has 108 valence electrons. The summed E-state index contributed by atoms with van der Waals surface area (Å²) in [6.45, 7) is 0.631. The number of hydrogen-bond acceptors (Lipinski definition) is 3. The van der Waals surface area contributed by atoms with Crippen LogP contribution in [0.15, 0.2) is 30.3 Å². The Morgan fingerprint density at radius 3 is 2.85 bits per heavy atom. The van der Waals surface area contributed by atoms with Crippen LogP contribution in [-0.2, 0) is 16.1 Å². The van der Waals surface area contributed by atoms with Gasteiger partial charge in [-0.05, 0) is 18.4 Å². The number of hydrogen-bond donors (Lipinski definition) is 0. The lowest BCUT2D eigenvalue weighted by molar-refractivity contribution is -0.133. The zero-order chi connectivity index (χ0) is 15.9. The summed E-state index contributed by atoms with van der Waals surface area (Å²) in [5, 5.41) is 0. The number of ether oxygens (including phenoxy) is 1. The second kappa shape index (κ2) is 6.41. The Bertz CT molecular complexity index is 509. The predicted molar refractivity (Wildman–Crippen MR) is 75.0 cm³/mol. The highest BCUT2D eigenvalue weighted by atomic mass is 16.6. The lowest BCUT2D eigenvalue weighted by Gasteiger charge is -2.25. The average molecular weight is 278 g/mol.